The van der Waals surface area contributed by atoms with Gasteiger partial charge in [-0.3, -0.25) is 9.67 Å². The first kappa shape index (κ1) is 10.1. The summed E-state index contributed by atoms with van der Waals surface area (Å²) in [5, 5.41) is 12.5. The van der Waals surface area contributed by atoms with Crippen LogP contribution in [0.15, 0.2) is 24.5 Å². The van der Waals surface area contributed by atoms with E-state index in [1.807, 2.05) is 6.07 Å². The summed E-state index contributed by atoms with van der Waals surface area (Å²) < 4.78 is 14.9. The zero-order valence-corrected chi connectivity index (χ0v) is 8.26. The van der Waals surface area contributed by atoms with E-state index in [0.717, 1.165) is 6.07 Å². The van der Waals surface area contributed by atoms with E-state index in [4.69, 9.17) is 11.0 Å². The van der Waals surface area contributed by atoms with Crippen LogP contribution in [0.25, 0.3) is 0 Å². The van der Waals surface area contributed by atoms with Crippen molar-refractivity contribution < 1.29 is 4.39 Å². The molecule has 5 nitrogen and oxygen atoms in total. The van der Waals surface area contributed by atoms with E-state index in [-0.39, 0.29) is 17.8 Å². The zero-order chi connectivity index (χ0) is 11.5. The average molecular weight is 217 g/mol. The summed E-state index contributed by atoms with van der Waals surface area (Å²) >= 11 is 0. The van der Waals surface area contributed by atoms with Crippen molar-refractivity contribution in [1.82, 2.24) is 14.8 Å². The van der Waals surface area contributed by atoms with Crippen molar-refractivity contribution in [2.75, 3.05) is 5.73 Å². The second kappa shape index (κ2) is 3.98. The van der Waals surface area contributed by atoms with E-state index in [9.17, 15) is 4.39 Å². The molecule has 16 heavy (non-hydrogen) atoms. The predicted molar refractivity (Wildman–Crippen MR) is 54.7 cm³/mol. The number of anilines is 1. The van der Waals surface area contributed by atoms with Crippen LogP contribution in [0.2, 0.25) is 0 Å². The second-order valence-electron chi connectivity index (χ2n) is 3.20. The van der Waals surface area contributed by atoms with Gasteiger partial charge in [-0.15, -0.1) is 0 Å². The lowest BCUT2D eigenvalue weighted by Crippen LogP contribution is -2.05. The third-order valence-corrected chi connectivity index (χ3v) is 2.02. The van der Waals surface area contributed by atoms with E-state index in [1.165, 1.54) is 10.9 Å². The molecule has 0 aliphatic heterocycles. The molecule has 0 atom stereocenters. The van der Waals surface area contributed by atoms with Crippen LogP contribution in [-0.2, 0) is 6.54 Å². The molecule has 0 spiro atoms. The zero-order valence-electron chi connectivity index (χ0n) is 8.26. The summed E-state index contributed by atoms with van der Waals surface area (Å²) in [7, 11) is 0. The normalized spacial score (nSPS) is 10.0. The number of pyridine rings is 1. The minimum atomic E-state index is -0.520. The average Bonchev–Trinajstić information content (AvgIpc) is 2.67. The summed E-state index contributed by atoms with van der Waals surface area (Å²) in [6.45, 7) is 0.189. The standard InChI is InChI=1S/C10H8FN5/c11-8-3-7(4-12)5-14-9(8)6-16-2-1-10(13)15-16/h1-3,5H,6H2,(H2,13,15). The number of rotatable bonds is 2. The van der Waals surface area contributed by atoms with Gasteiger partial charge in [-0.1, -0.05) is 0 Å². The number of nitrogens with two attached hydrogens (primary N) is 1. The molecule has 0 amide bonds. The maximum atomic E-state index is 13.4. The minimum Gasteiger partial charge on any atom is -0.382 e. The summed E-state index contributed by atoms with van der Waals surface area (Å²) in [6, 6.07) is 4.58. The van der Waals surface area contributed by atoms with Gasteiger partial charge in [0, 0.05) is 12.4 Å². The Morgan fingerprint density at radius 1 is 1.56 bits per heavy atom. The fraction of sp³-hybridized carbons (Fsp3) is 0.100. The number of nitriles is 1. The Hall–Kier alpha value is -2.42. The Balaban J connectivity index is 2.26. The van der Waals surface area contributed by atoms with Crippen molar-refractivity contribution >= 4 is 5.82 Å². The largest absolute Gasteiger partial charge is 0.382 e. The van der Waals surface area contributed by atoms with Crippen LogP contribution in [0.3, 0.4) is 0 Å². The van der Waals surface area contributed by atoms with Gasteiger partial charge in [0.1, 0.15) is 17.7 Å². The molecule has 0 aliphatic carbocycles. The van der Waals surface area contributed by atoms with Crippen LogP contribution >= 0.6 is 0 Å². The fourth-order valence-electron chi connectivity index (χ4n) is 1.26. The Morgan fingerprint density at radius 3 is 2.94 bits per heavy atom. The molecule has 0 radical (unpaired) electrons. The summed E-state index contributed by atoms with van der Waals surface area (Å²) in [4.78, 5) is 3.85. The van der Waals surface area contributed by atoms with E-state index in [0.29, 0.717) is 5.82 Å². The first-order valence-corrected chi connectivity index (χ1v) is 4.52. The molecular weight excluding hydrogens is 209 g/mol. The molecule has 0 saturated heterocycles. The van der Waals surface area contributed by atoms with Crippen LogP contribution in [0.4, 0.5) is 10.2 Å². The van der Waals surface area contributed by atoms with Crippen LogP contribution in [0.1, 0.15) is 11.3 Å². The van der Waals surface area contributed by atoms with Gasteiger partial charge in [-0.05, 0) is 12.1 Å². The first-order valence-electron chi connectivity index (χ1n) is 4.52. The Bertz CT molecular complexity index is 555. The quantitative estimate of drug-likeness (QED) is 0.811. The highest BCUT2D eigenvalue weighted by Gasteiger charge is 2.06. The molecule has 0 aromatic carbocycles. The van der Waals surface area contributed by atoms with Gasteiger partial charge < -0.3 is 5.73 Å². The van der Waals surface area contributed by atoms with Gasteiger partial charge in [0.2, 0.25) is 0 Å². The molecule has 0 fully saturated rings. The van der Waals surface area contributed by atoms with Crippen molar-refractivity contribution in [3.8, 4) is 6.07 Å². The molecular formula is C10H8FN5. The maximum absolute atomic E-state index is 13.4. The molecule has 2 aromatic rings. The third kappa shape index (κ3) is 1.98. The summed E-state index contributed by atoms with van der Waals surface area (Å²) in [5.41, 5.74) is 5.85. The monoisotopic (exact) mass is 217 g/mol. The maximum Gasteiger partial charge on any atom is 0.147 e. The van der Waals surface area contributed by atoms with E-state index in [2.05, 4.69) is 10.1 Å². The van der Waals surface area contributed by atoms with Gasteiger partial charge in [0.25, 0.3) is 0 Å². The highest BCUT2D eigenvalue weighted by atomic mass is 19.1. The van der Waals surface area contributed by atoms with Crippen molar-refractivity contribution in [2.24, 2.45) is 0 Å². The molecule has 80 valence electrons. The lowest BCUT2D eigenvalue weighted by Gasteiger charge is -2.02. The predicted octanol–water partition coefficient (Wildman–Crippen LogP) is 0.919. The number of nitrogens with zero attached hydrogens (tertiary/aromatic N) is 4. The fourth-order valence-corrected chi connectivity index (χ4v) is 1.26. The molecule has 0 unspecified atom stereocenters. The molecule has 6 heteroatoms. The molecule has 0 bridgehead atoms. The molecule has 0 saturated carbocycles. The highest BCUT2D eigenvalue weighted by molar-refractivity contribution is 5.28. The van der Waals surface area contributed by atoms with Crippen LogP contribution in [0.5, 0.6) is 0 Å². The van der Waals surface area contributed by atoms with Gasteiger partial charge in [0.15, 0.2) is 0 Å². The lowest BCUT2D eigenvalue weighted by molar-refractivity contribution is 0.571. The minimum absolute atomic E-state index is 0.189. The van der Waals surface area contributed by atoms with Crippen molar-refractivity contribution in [2.45, 2.75) is 6.54 Å². The van der Waals surface area contributed by atoms with Crippen LogP contribution in [0, 0.1) is 17.1 Å². The highest BCUT2D eigenvalue weighted by Crippen LogP contribution is 2.08. The Labute approximate surface area is 90.9 Å². The molecule has 2 aromatic heterocycles. The Morgan fingerprint density at radius 2 is 2.38 bits per heavy atom. The van der Waals surface area contributed by atoms with Gasteiger partial charge in [-0.2, -0.15) is 10.4 Å². The van der Waals surface area contributed by atoms with Crippen LogP contribution < -0.4 is 5.73 Å². The van der Waals surface area contributed by atoms with Crippen molar-refractivity contribution in [3.05, 3.63) is 41.6 Å². The molecule has 2 N–H and O–H groups in total. The van der Waals surface area contributed by atoms with E-state index < -0.39 is 5.82 Å². The number of aromatic nitrogens is 3. The van der Waals surface area contributed by atoms with E-state index >= 15 is 0 Å². The molecule has 0 aliphatic rings. The van der Waals surface area contributed by atoms with Crippen molar-refractivity contribution in [1.29, 1.82) is 5.26 Å². The van der Waals surface area contributed by atoms with Crippen LogP contribution in [-0.4, -0.2) is 14.8 Å². The lowest BCUT2D eigenvalue weighted by atomic mass is 10.2. The number of hydrogen-bond donors (Lipinski definition) is 1. The van der Waals surface area contributed by atoms with E-state index in [1.54, 1.807) is 12.3 Å². The first-order chi connectivity index (χ1) is 7.69. The number of hydrogen-bond acceptors (Lipinski definition) is 4. The SMILES string of the molecule is N#Cc1cnc(Cn2ccc(N)n2)c(F)c1. The van der Waals surface area contributed by atoms with Crippen molar-refractivity contribution in [3.63, 3.8) is 0 Å². The number of nitrogen functional groups attached to an aromatic ring is 1. The van der Waals surface area contributed by atoms with Gasteiger partial charge in [0.05, 0.1) is 17.8 Å². The second-order valence-corrected chi connectivity index (χ2v) is 3.20. The third-order valence-electron chi connectivity index (χ3n) is 2.02. The summed E-state index contributed by atoms with van der Waals surface area (Å²) in [5.74, 6) is -0.151. The molecule has 2 rings (SSSR count). The number of halogens is 1. The van der Waals surface area contributed by atoms with Gasteiger partial charge in [-0.25, -0.2) is 4.39 Å². The molecule has 2 heterocycles. The smallest absolute Gasteiger partial charge is 0.147 e. The summed E-state index contributed by atoms with van der Waals surface area (Å²) in [6.07, 6.45) is 2.96. The van der Waals surface area contributed by atoms with Gasteiger partial charge >= 0.3 is 0 Å². The Kier molecular flexibility index (Phi) is 2.52. The topological polar surface area (TPSA) is 80.5 Å².